The van der Waals surface area contributed by atoms with Crippen LogP contribution in [-0.2, 0) is 30.0 Å². The van der Waals surface area contributed by atoms with Crippen molar-refractivity contribution in [2.45, 2.75) is 31.7 Å². The van der Waals surface area contributed by atoms with Crippen molar-refractivity contribution in [1.29, 1.82) is 0 Å². The van der Waals surface area contributed by atoms with E-state index in [9.17, 15) is 8.42 Å². The first-order chi connectivity index (χ1) is 10.4. The molecule has 0 spiro atoms. The van der Waals surface area contributed by atoms with Crippen LogP contribution in [0.3, 0.4) is 0 Å². The van der Waals surface area contributed by atoms with Gasteiger partial charge in [0.15, 0.2) is 0 Å². The Morgan fingerprint density at radius 2 is 2.05 bits per heavy atom. The second-order valence-corrected chi connectivity index (χ2v) is 7.26. The highest BCUT2D eigenvalue weighted by molar-refractivity contribution is 7.92. The number of hydrogen-bond acceptors (Lipinski definition) is 4. The molecule has 6 nitrogen and oxygen atoms in total. The molecule has 0 atom stereocenters. The molecule has 7 heteroatoms. The quantitative estimate of drug-likeness (QED) is 0.898. The zero-order valence-electron chi connectivity index (χ0n) is 13.0. The minimum absolute atomic E-state index is 0.259. The monoisotopic (exact) mass is 320 g/mol. The van der Waals surface area contributed by atoms with Crippen LogP contribution in [-0.4, -0.2) is 24.7 Å². The Hall–Kier alpha value is -1.86. The molecule has 1 aliphatic rings. The fourth-order valence-electron chi connectivity index (χ4n) is 2.89. The summed E-state index contributed by atoms with van der Waals surface area (Å²) in [6, 6.07) is 5.71. The van der Waals surface area contributed by atoms with Gasteiger partial charge in [0.2, 0.25) is 0 Å². The van der Waals surface area contributed by atoms with E-state index in [2.05, 4.69) is 15.1 Å². The lowest BCUT2D eigenvalue weighted by Gasteiger charge is -2.18. The first-order valence-corrected chi connectivity index (χ1v) is 8.72. The second-order valence-electron chi connectivity index (χ2n) is 5.64. The summed E-state index contributed by atoms with van der Waals surface area (Å²) < 4.78 is 29.6. The van der Waals surface area contributed by atoms with Crippen LogP contribution in [0.4, 0.5) is 5.69 Å². The summed E-state index contributed by atoms with van der Waals surface area (Å²) in [7, 11) is -1.89. The van der Waals surface area contributed by atoms with E-state index >= 15 is 0 Å². The predicted octanol–water partition coefficient (Wildman–Crippen LogP) is 1.48. The number of nitrogens with zero attached hydrogens (tertiary/aromatic N) is 2. The highest BCUT2D eigenvalue weighted by atomic mass is 32.2. The molecule has 0 aliphatic carbocycles. The second kappa shape index (κ2) is 5.40. The average Bonchev–Trinajstić information content (AvgIpc) is 2.72. The maximum atomic E-state index is 12.6. The average molecular weight is 320 g/mol. The lowest BCUT2D eigenvalue weighted by molar-refractivity contribution is 0.599. The number of hydrogen-bond donors (Lipinski definition) is 2. The minimum Gasteiger partial charge on any atom is -0.312 e. The third-order valence-electron chi connectivity index (χ3n) is 4.06. The van der Waals surface area contributed by atoms with Crippen molar-refractivity contribution in [2.24, 2.45) is 7.05 Å². The van der Waals surface area contributed by atoms with Crippen LogP contribution in [0.25, 0.3) is 0 Å². The summed E-state index contributed by atoms with van der Waals surface area (Å²) in [5, 5.41) is 7.48. The summed E-state index contributed by atoms with van der Waals surface area (Å²) in [4.78, 5) is 0.259. The highest BCUT2D eigenvalue weighted by Gasteiger charge is 2.24. The molecule has 0 saturated carbocycles. The third-order valence-corrected chi connectivity index (χ3v) is 5.69. The van der Waals surface area contributed by atoms with E-state index in [0.29, 0.717) is 17.1 Å². The molecular weight excluding hydrogens is 300 g/mol. The number of aromatic nitrogens is 2. The van der Waals surface area contributed by atoms with Crippen LogP contribution in [0.1, 0.15) is 22.5 Å². The summed E-state index contributed by atoms with van der Waals surface area (Å²) in [6.07, 6.45) is 0.913. The maximum Gasteiger partial charge on any atom is 0.265 e. The summed E-state index contributed by atoms with van der Waals surface area (Å²) in [5.41, 5.74) is 4.16. The Balaban J connectivity index is 1.95. The largest absolute Gasteiger partial charge is 0.312 e. The number of rotatable bonds is 3. The molecule has 1 aromatic heterocycles. The molecule has 0 fully saturated rings. The van der Waals surface area contributed by atoms with Gasteiger partial charge in [-0.2, -0.15) is 5.10 Å². The Kier molecular flexibility index (Phi) is 3.70. The number of sulfonamides is 1. The molecule has 0 saturated heterocycles. The van der Waals surface area contributed by atoms with E-state index < -0.39 is 10.0 Å². The highest BCUT2D eigenvalue weighted by Crippen LogP contribution is 2.24. The predicted molar refractivity (Wildman–Crippen MR) is 85.3 cm³/mol. The van der Waals surface area contributed by atoms with Gasteiger partial charge in [-0.3, -0.25) is 9.40 Å². The number of anilines is 1. The Labute approximate surface area is 130 Å². The number of nitrogens with one attached hydrogen (secondary N) is 2. The first-order valence-electron chi connectivity index (χ1n) is 7.24. The van der Waals surface area contributed by atoms with Gasteiger partial charge in [-0.25, -0.2) is 8.42 Å². The Morgan fingerprint density at radius 1 is 1.27 bits per heavy atom. The van der Waals surface area contributed by atoms with E-state index in [1.54, 1.807) is 25.6 Å². The van der Waals surface area contributed by atoms with Gasteiger partial charge in [-0.05, 0) is 50.1 Å². The van der Waals surface area contributed by atoms with Gasteiger partial charge in [-0.15, -0.1) is 0 Å². The molecule has 22 heavy (non-hydrogen) atoms. The molecule has 2 heterocycles. The Morgan fingerprint density at radius 3 is 2.73 bits per heavy atom. The summed E-state index contributed by atoms with van der Waals surface area (Å²) in [5.74, 6) is 0. The molecule has 0 bridgehead atoms. The van der Waals surface area contributed by atoms with Gasteiger partial charge in [-0.1, -0.05) is 6.07 Å². The summed E-state index contributed by atoms with van der Waals surface area (Å²) in [6.45, 7) is 5.22. The fourth-order valence-corrected chi connectivity index (χ4v) is 4.38. The summed E-state index contributed by atoms with van der Waals surface area (Å²) >= 11 is 0. The van der Waals surface area contributed by atoms with Gasteiger partial charge in [0.25, 0.3) is 10.0 Å². The molecule has 0 amide bonds. The normalized spacial score (nSPS) is 14.7. The number of fused-ring (bicyclic) bond motifs is 1. The SMILES string of the molecule is Cc1nn(C)c(C)c1S(=O)(=O)Nc1ccc2c(c1)CCNC2. The van der Waals surface area contributed by atoms with E-state index in [4.69, 9.17) is 0 Å². The van der Waals surface area contributed by atoms with Crippen LogP contribution in [0, 0.1) is 13.8 Å². The fraction of sp³-hybridized carbons (Fsp3) is 0.400. The maximum absolute atomic E-state index is 12.6. The van der Waals surface area contributed by atoms with Crippen LogP contribution >= 0.6 is 0 Å². The van der Waals surface area contributed by atoms with Crippen molar-refractivity contribution < 1.29 is 8.42 Å². The molecule has 118 valence electrons. The number of aryl methyl sites for hydroxylation is 2. The van der Waals surface area contributed by atoms with Crippen molar-refractivity contribution in [3.63, 3.8) is 0 Å². The molecule has 3 rings (SSSR count). The van der Waals surface area contributed by atoms with Crippen molar-refractivity contribution in [3.05, 3.63) is 40.7 Å². The lowest BCUT2D eigenvalue weighted by atomic mass is 10.0. The van der Waals surface area contributed by atoms with Crippen molar-refractivity contribution in [3.8, 4) is 0 Å². The van der Waals surface area contributed by atoms with Crippen LogP contribution < -0.4 is 10.0 Å². The molecule has 1 aliphatic heterocycles. The van der Waals surface area contributed by atoms with Gasteiger partial charge in [0.05, 0.1) is 11.4 Å². The standard InChI is InChI=1S/C15H20N4O2S/c1-10-15(11(2)19(3)17-10)22(20,21)18-14-5-4-13-9-16-7-6-12(13)8-14/h4-5,8,16,18H,6-7,9H2,1-3H3. The molecule has 2 aromatic rings. The molecular formula is C15H20N4O2S. The zero-order valence-corrected chi connectivity index (χ0v) is 13.8. The van der Waals surface area contributed by atoms with Crippen molar-refractivity contribution >= 4 is 15.7 Å². The van der Waals surface area contributed by atoms with E-state index in [0.717, 1.165) is 19.5 Å². The Bertz CT molecular complexity index is 824. The van der Waals surface area contributed by atoms with Gasteiger partial charge >= 0.3 is 0 Å². The van der Waals surface area contributed by atoms with Gasteiger partial charge in [0.1, 0.15) is 4.90 Å². The van der Waals surface area contributed by atoms with Crippen LogP contribution in [0.5, 0.6) is 0 Å². The first kappa shape index (κ1) is 15.1. The van der Waals surface area contributed by atoms with E-state index in [1.165, 1.54) is 11.1 Å². The zero-order chi connectivity index (χ0) is 15.9. The number of benzene rings is 1. The van der Waals surface area contributed by atoms with E-state index in [-0.39, 0.29) is 4.90 Å². The van der Waals surface area contributed by atoms with Gasteiger partial charge < -0.3 is 5.32 Å². The third kappa shape index (κ3) is 2.62. The smallest absolute Gasteiger partial charge is 0.265 e. The topological polar surface area (TPSA) is 76.0 Å². The minimum atomic E-state index is -3.63. The lowest BCUT2D eigenvalue weighted by Crippen LogP contribution is -2.23. The molecule has 0 unspecified atom stereocenters. The van der Waals surface area contributed by atoms with Crippen LogP contribution in [0.2, 0.25) is 0 Å². The molecule has 0 radical (unpaired) electrons. The van der Waals surface area contributed by atoms with Crippen molar-refractivity contribution in [1.82, 2.24) is 15.1 Å². The van der Waals surface area contributed by atoms with Gasteiger partial charge in [0, 0.05) is 19.3 Å². The van der Waals surface area contributed by atoms with Crippen LogP contribution in [0.15, 0.2) is 23.1 Å². The molecule has 2 N–H and O–H groups in total. The molecule has 1 aromatic carbocycles. The van der Waals surface area contributed by atoms with E-state index in [1.807, 2.05) is 18.2 Å². The van der Waals surface area contributed by atoms with Crippen molar-refractivity contribution in [2.75, 3.05) is 11.3 Å².